The maximum Gasteiger partial charge on any atom is 0.282 e. The maximum atomic E-state index is 13.0. The highest BCUT2D eigenvalue weighted by molar-refractivity contribution is 7.80. The second-order valence-electron chi connectivity index (χ2n) is 6.86. The second kappa shape index (κ2) is 9.13. The van der Waals surface area contributed by atoms with E-state index in [1.807, 2.05) is 60.7 Å². The fourth-order valence-electron chi connectivity index (χ4n) is 3.35. The molecular weight excluding hydrogens is 440 g/mol. The summed E-state index contributed by atoms with van der Waals surface area (Å²) in [5, 5.41) is 10.9. The lowest BCUT2D eigenvalue weighted by molar-refractivity contribution is 0.0884. The zero-order chi connectivity index (χ0) is 22.7. The molecule has 160 valence electrons. The summed E-state index contributed by atoms with van der Waals surface area (Å²) in [5.41, 5.74) is 18.6. The van der Waals surface area contributed by atoms with Crippen LogP contribution in [0.3, 0.4) is 0 Å². The van der Waals surface area contributed by atoms with Gasteiger partial charge in [0.05, 0.1) is 12.2 Å². The molecule has 0 unspecified atom stereocenters. The van der Waals surface area contributed by atoms with Gasteiger partial charge in [0.25, 0.3) is 5.91 Å². The quantitative estimate of drug-likeness (QED) is 0.235. The minimum Gasteiger partial charge on any atom is -0.397 e. The Labute approximate surface area is 194 Å². The monoisotopic (exact) mass is 460 g/mol. The first-order valence-electron chi connectivity index (χ1n) is 9.69. The number of anilines is 1. The molecule has 0 bridgehead atoms. The van der Waals surface area contributed by atoms with E-state index in [2.05, 4.69) is 22.2 Å². The fraction of sp³-hybridized carbons (Fsp3) is 0.0435. The van der Waals surface area contributed by atoms with Gasteiger partial charge in [0.2, 0.25) is 0 Å². The summed E-state index contributed by atoms with van der Waals surface area (Å²) in [5.74, 6) is -0.430. The smallest absolute Gasteiger partial charge is 0.282 e. The lowest BCUT2D eigenvalue weighted by Crippen LogP contribution is -2.48. The molecule has 7 nitrogen and oxygen atoms in total. The van der Waals surface area contributed by atoms with Gasteiger partial charge in [-0.15, -0.1) is 28.1 Å². The second-order valence-corrected chi connectivity index (χ2v) is 8.28. The normalized spacial score (nSPS) is 10.6. The van der Waals surface area contributed by atoms with Gasteiger partial charge in [-0.3, -0.25) is 15.2 Å². The van der Waals surface area contributed by atoms with Crippen molar-refractivity contribution in [2.24, 2.45) is 5.73 Å². The molecular formula is C23H20N6OS2. The van der Waals surface area contributed by atoms with Crippen LogP contribution >= 0.6 is 23.6 Å². The van der Waals surface area contributed by atoms with E-state index in [1.54, 1.807) is 6.08 Å². The van der Waals surface area contributed by atoms with Gasteiger partial charge < -0.3 is 11.5 Å². The maximum absolute atomic E-state index is 13.0. The molecule has 32 heavy (non-hydrogen) atoms. The Balaban J connectivity index is 1.90. The van der Waals surface area contributed by atoms with Gasteiger partial charge in [-0.1, -0.05) is 66.7 Å². The number of carbonyl (C=O) groups excluding carboxylic acids is 1. The number of hydrogen-bond acceptors (Lipinski definition) is 6. The molecule has 0 aliphatic heterocycles. The molecule has 0 aliphatic carbocycles. The lowest BCUT2D eigenvalue weighted by Gasteiger charge is -2.21. The van der Waals surface area contributed by atoms with Gasteiger partial charge in [-0.2, -0.15) is 0 Å². The Morgan fingerprint density at radius 1 is 1.09 bits per heavy atom. The Morgan fingerprint density at radius 3 is 2.31 bits per heavy atom. The SMILES string of the molecule is C=CCN(NC(=O)c1sc2nnc(-c3ccccc3)c(-c3ccccc3)c2c1N)C(N)=S. The summed E-state index contributed by atoms with van der Waals surface area (Å²) in [4.78, 5) is 13.9. The van der Waals surface area contributed by atoms with E-state index in [9.17, 15) is 4.79 Å². The Kier molecular flexibility index (Phi) is 6.11. The first-order chi connectivity index (χ1) is 15.5. The van der Waals surface area contributed by atoms with Crippen LogP contribution < -0.4 is 16.9 Å². The molecule has 1 amide bonds. The molecule has 4 aromatic rings. The van der Waals surface area contributed by atoms with E-state index in [0.717, 1.165) is 16.7 Å². The van der Waals surface area contributed by atoms with E-state index in [-0.39, 0.29) is 11.7 Å². The number of nitrogen functional groups attached to an aromatic ring is 1. The van der Waals surface area contributed by atoms with Crippen molar-refractivity contribution in [3.8, 4) is 22.4 Å². The molecule has 0 saturated heterocycles. The molecule has 0 radical (unpaired) electrons. The average Bonchev–Trinajstić information content (AvgIpc) is 3.16. The van der Waals surface area contributed by atoms with Gasteiger partial charge in [-0.25, -0.2) is 0 Å². The zero-order valence-electron chi connectivity index (χ0n) is 17.0. The summed E-state index contributed by atoms with van der Waals surface area (Å²) in [6.07, 6.45) is 1.58. The minimum absolute atomic E-state index is 0.0223. The number of rotatable bonds is 5. The van der Waals surface area contributed by atoms with Crippen molar-refractivity contribution in [1.29, 1.82) is 0 Å². The van der Waals surface area contributed by atoms with Crippen LogP contribution in [0, 0.1) is 0 Å². The van der Waals surface area contributed by atoms with Crippen molar-refractivity contribution < 1.29 is 4.79 Å². The first-order valence-corrected chi connectivity index (χ1v) is 10.9. The summed E-state index contributed by atoms with van der Waals surface area (Å²) in [6, 6.07) is 19.6. The molecule has 5 N–H and O–H groups in total. The van der Waals surface area contributed by atoms with Crippen LogP contribution in [0.2, 0.25) is 0 Å². The van der Waals surface area contributed by atoms with Crippen LogP contribution in [0.1, 0.15) is 9.67 Å². The van der Waals surface area contributed by atoms with Crippen LogP contribution in [0.4, 0.5) is 5.69 Å². The zero-order valence-corrected chi connectivity index (χ0v) is 18.6. The number of thiocarbonyl (C=S) groups is 1. The van der Waals surface area contributed by atoms with Gasteiger partial charge in [0.1, 0.15) is 15.4 Å². The number of fused-ring (bicyclic) bond motifs is 1. The minimum atomic E-state index is -0.430. The summed E-state index contributed by atoms with van der Waals surface area (Å²) < 4.78 is 0. The standard InChI is InChI=1S/C23H20N6OS2/c1-2-13-29(23(25)31)28-21(30)20-18(24)17-16(14-9-5-3-6-10-14)19(26-27-22(17)32-20)15-11-7-4-8-12-15/h2-12H,1,13,24H2,(H2,25,31)(H,28,30). The molecule has 0 spiro atoms. The molecule has 0 aliphatic rings. The number of amides is 1. The highest BCUT2D eigenvalue weighted by atomic mass is 32.1. The molecule has 2 aromatic heterocycles. The number of hydrazine groups is 1. The van der Waals surface area contributed by atoms with Crippen LogP contribution in [0.25, 0.3) is 32.6 Å². The van der Waals surface area contributed by atoms with Gasteiger partial charge in [-0.05, 0) is 17.8 Å². The Bertz CT molecular complexity index is 1300. The predicted octanol–water partition coefficient (Wildman–Crippen LogP) is 3.98. The number of nitrogens with zero attached hydrogens (tertiary/aromatic N) is 3. The average molecular weight is 461 g/mol. The molecule has 0 fully saturated rings. The van der Waals surface area contributed by atoms with Gasteiger partial charge in [0, 0.05) is 16.5 Å². The molecule has 0 saturated carbocycles. The fourth-order valence-corrected chi connectivity index (χ4v) is 4.41. The third kappa shape index (κ3) is 4.03. The van der Waals surface area contributed by atoms with Crippen molar-refractivity contribution in [2.75, 3.05) is 12.3 Å². The molecule has 2 aromatic carbocycles. The summed E-state index contributed by atoms with van der Waals surface area (Å²) in [7, 11) is 0. The third-order valence-electron chi connectivity index (χ3n) is 4.78. The molecule has 0 atom stereocenters. The molecule has 9 heteroatoms. The van der Waals surface area contributed by atoms with E-state index in [0.29, 0.717) is 26.5 Å². The molecule has 2 heterocycles. The van der Waals surface area contributed by atoms with E-state index in [4.69, 9.17) is 23.7 Å². The number of benzene rings is 2. The Morgan fingerprint density at radius 2 is 1.72 bits per heavy atom. The summed E-state index contributed by atoms with van der Waals surface area (Å²) >= 11 is 6.16. The largest absolute Gasteiger partial charge is 0.397 e. The van der Waals surface area contributed by atoms with Crippen molar-refractivity contribution in [2.45, 2.75) is 0 Å². The molecule has 4 rings (SSSR count). The number of carbonyl (C=O) groups is 1. The topological polar surface area (TPSA) is 110 Å². The van der Waals surface area contributed by atoms with Crippen LogP contribution in [0.5, 0.6) is 0 Å². The Hall–Kier alpha value is -3.82. The van der Waals surface area contributed by atoms with Gasteiger partial charge in [0.15, 0.2) is 5.11 Å². The van der Waals surface area contributed by atoms with Crippen LogP contribution in [0.15, 0.2) is 73.3 Å². The van der Waals surface area contributed by atoms with Crippen molar-refractivity contribution in [3.63, 3.8) is 0 Å². The number of hydrogen-bond donors (Lipinski definition) is 3. The highest BCUT2D eigenvalue weighted by Gasteiger charge is 2.24. The van der Waals surface area contributed by atoms with Crippen molar-refractivity contribution in [3.05, 3.63) is 78.2 Å². The van der Waals surface area contributed by atoms with E-state index >= 15 is 0 Å². The first kappa shape index (κ1) is 21.4. The van der Waals surface area contributed by atoms with Crippen LogP contribution in [-0.4, -0.2) is 32.8 Å². The number of nitrogens with two attached hydrogens (primary N) is 2. The van der Waals surface area contributed by atoms with Crippen LogP contribution in [-0.2, 0) is 0 Å². The van der Waals surface area contributed by atoms with E-state index in [1.165, 1.54) is 16.3 Å². The van der Waals surface area contributed by atoms with Gasteiger partial charge >= 0.3 is 0 Å². The number of aromatic nitrogens is 2. The number of thiophene rings is 1. The third-order valence-corrected chi connectivity index (χ3v) is 6.09. The highest BCUT2D eigenvalue weighted by Crippen LogP contribution is 2.42. The summed E-state index contributed by atoms with van der Waals surface area (Å²) in [6.45, 7) is 3.91. The van der Waals surface area contributed by atoms with Crippen molar-refractivity contribution in [1.82, 2.24) is 20.6 Å². The lowest BCUT2D eigenvalue weighted by atomic mass is 9.96. The number of nitrogens with one attached hydrogen (secondary N) is 1. The van der Waals surface area contributed by atoms with E-state index < -0.39 is 5.91 Å². The predicted molar refractivity (Wildman–Crippen MR) is 134 cm³/mol. The van der Waals surface area contributed by atoms with Crippen molar-refractivity contribution >= 4 is 50.5 Å².